The summed E-state index contributed by atoms with van der Waals surface area (Å²) in [5.41, 5.74) is 0.296. The van der Waals surface area contributed by atoms with Gasteiger partial charge in [-0.05, 0) is 12.1 Å². The number of rotatable bonds is 6. The minimum Gasteiger partial charge on any atom is -0.368 e. The van der Waals surface area contributed by atoms with Crippen molar-refractivity contribution < 1.29 is 4.79 Å². The molecule has 0 bridgehead atoms. The number of anilines is 1. The van der Waals surface area contributed by atoms with Gasteiger partial charge in [-0.3, -0.25) is 9.78 Å². The lowest BCUT2D eigenvalue weighted by molar-refractivity contribution is 0.0950. The predicted octanol–water partition coefficient (Wildman–Crippen LogP) is 0.899. The molecule has 0 aliphatic rings. The summed E-state index contributed by atoms with van der Waals surface area (Å²) in [7, 11) is 0. The van der Waals surface area contributed by atoms with E-state index in [0.29, 0.717) is 24.6 Å². The molecule has 0 fully saturated rings. The van der Waals surface area contributed by atoms with E-state index >= 15 is 0 Å². The Hall–Kier alpha value is -3.29. The van der Waals surface area contributed by atoms with Crippen molar-refractivity contribution in [1.82, 2.24) is 29.8 Å². The standard InChI is InChI=1S/C15H15N7O/c23-15(12-10-16-3-4-17-12)19-6-5-18-13-9-14(21-11-20-13)22-7-1-2-8-22/h1-4,7-11H,5-6H2,(H,19,23)(H,18,20,21). The zero-order valence-corrected chi connectivity index (χ0v) is 12.3. The Labute approximate surface area is 132 Å². The number of carbonyl (C=O) groups excluding carboxylic acids is 1. The highest BCUT2D eigenvalue weighted by atomic mass is 16.1. The van der Waals surface area contributed by atoms with E-state index in [4.69, 9.17) is 0 Å². The molecular weight excluding hydrogens is 294 g/mol. The number of amides is 1. The van der Waals surface area contributed by atoms with Crippen LogP contribution < -0.4 is 10.6 Å². The number of hydrogen-bond donors (Lipinski definition) is 2. The van der Waals surface area contributed by atoms with Crippen LogP contribution in [0, 0.1) is 0 Å². The van der Waals surface area contributed by atoms with Crippen LogP contribution in [0.25, 0.3) is 5.82 Å². The second kappa shape index (κ2) is 7.12. The molecule has 8 heteroatoms. The van der Waals surface area contributed by atoms with Crippen LogP contribution >= 0.6 is 0 Å². The number of aromatic nitrogens is 5. The van der Waals surface area contributed by atoms with E-state index in [2.05, 4.69) is 30.6 Å². The highest BCUT2D eigenvalue weighted by molar-refractivity contribution is 5.91. The fourth-order valence-corrected chi connectivity index (χ4v) is 1.95. The Kier molecular flexibility index (Phi) is 4.53. The second-order valence-corrected chi connectivity index (χ2v) is 4.63. The summed E-state index contributed by atoms with van der Waals surface area (Å²) in [4.78, 5) is 27.9. The van der Waals surface area contributed by atoms with Gasteiger partial charge in [-0.15, -0.1) is 0 Å². The fraction of sp³-hybridized carbons (Fsp3) is 0.133. The smallest absolute Gasteiger partial charge is 0.271 e. The minimum atomic E-state index is -0.254. The Balaban J connectivity index is 1.49. The summed E-state index contributed by atoms with van der Waals surface area (Å²) in [6, 6.07) is 5.69. The van der Waals surface area contributed by atoms with Crippen LogP contribution in [-0.2, 0) is 0 Å². The van der Waals surface area contributed by atoms with Gasteiger partial charge < -0.3 is 15.2 Å². The first-order chi connectivity index (χ1) is 11.3. The van der Waals surface area contributed by atoms with E-state index < -0.39 is 0 Å². The van der Waals surface area contributed by atoms with Gasteiger partial charge in [0.25, 0.3) is 5.91 Å². The largest absolute Gasteiger partial charge is 0.368 e. The van der Waals surface area contributed by atoms with E-state index in [-0.39, 0.29) is 5.91 Å². The van der Waals surface area contributed by atoms with Crippen molar-refractivity contribution in [3.8, 4) is 5.82 Å². The maximum absolute atomic E-state index is 11.8. The monoisotopic (exact) mass is 309 g/mol. The number of carbonyl (C=O) groups is 1. The fourth-order valence-electron chi connectivity index (χ4n) is 1.95. The van der Waals surface area contributed by atoms with Crippen LogP contribution in [0.4, 0.5) is 5.82 Å². The van der Waals surface area contributed by atoms with Gasteiger partial charge in [-0.1, -0.05) is 0 Å². The Bertz CT molecular complexity index is 759. The van der Waals surface area contributed by atoms with Gasteiger partial charge in [0, 0.05) is 43.9 Å². The van der Waals surface area contributed by atoms with Gasteiger partial charge in [0.1, 0.15) is 23.7 Å². The summed E-state index contributed by atoms with van der Waals surface area (Å²) in [5, 5.41) is 5.90. The highest BCUT2D eigenvalue weighted by Gasteiger charge is 2.05. The van der Waals surface area contributed by atoms with Crippen LogP contribution in [0.15, 0.2) is 55.5 Å². The van der Waals surface area contributed by atoms with Crippen molar-refractivity contribution in [2.75, 3.05) is 18.4 Å². The number of nitrogens with zero attached hydrogens (tertiary/aromatic N) is 5. The molecule has 8 nitrogen and oxygen atoms in total. The summed E-state index contributed by atoms with van der Waals surface area (Å²) in [6.45, 7) is 0.979. The summed E-state index contributed by atoms with van der Waals surface area (Å²) in [6.07, 6.45) is 9.75. The molecule has 0 radical (unpaired) electrons. The van der Waals surface area contributed by atoms with E-state index in [1.165, 1.54) is 24.9 Å². The molecule has 0 aliphatic heterocycles. The SMILES string of the molecule is O=C(NCCNc1cc(-n2cccc2)ncn1)c1cnccn1. The molecule has 0 unspecified atom stereocenters. The zero-order valence-electron chi connectivity index (χ0n) is 12.3. The minimum absolute atomic E-state index is 0.254. The lowest BCUT2D eigenvalue weighted by Crippen LogP contribution is -2.29. The quantitative estimate of drug-likeness (QED) is 0.657. The van der Waals surface area contributed by atoms with Gasteiger partial charge in [0.05, 0.1) is 6.20 Å². The van der Waals surface area contributed by atoms with E-state index in [0.717, 1.165) is 5.82 Å². The lowest BCUT2D eigenvalue weighted by Gasteiger charge is -2.08. The van der Waals surface area contributed by atoms with Crippen LogP contribution in [0.5, 0.6) is 0 Å². The average Bonchev–Trinajstić information content (AvgIpc) is 3.14. The second-order valence-electron chi connectivity index (χ2n) is 4.63. The summed E-state index contributed by atoms with van der Waals surface area (Å²) in [5.74, 6) is 1.21. The molecule has 3 aromatic heterocycles. The van der Waals surface area contributed by atoms with Crippen molar-refractivity contribution in [2.45, 2.75) is 0 Å². The maximum atomic E-state index is 11.8. The first-order valence-corrected chi connectivity index (χ1v) is 7.06. The van der Waals surface area contributed by atoms with Gasteiger partial charge in [-0.25, -0.2) is 15.0 Å². The van der Waals surface area contributed by atoms with Crippen molar-refractivity contribution in [3.05, 3.63) is 61.2 Å². The first-order valence-electron chi connectivity index (χ1n) is 7.06. The summed E-state index contributed by atoms with van der Waals surface area (Å²) >= 11 is 0. The topological polar surface area (TPSA) is 97.6 Å². The predicted molar refractivity (Wildman–Crippen MR) is 84.2 cm³/mol. The third-order valence-corrected chi connectivity index (χ3v) is 3.03. The molecule has 0 saturated heterocycles. The Morgan fingerprint density at radius 2 is 1.96 bits per heavy atom. The third kappa shape index (κ3) is 3.88. The zero-order chi connectivity index (χ0) is 15.9. The van der Waals surface area contributed by atoms with Gasteiger partial charge in [-0.2, -0.15) is 0 Å². The van der Waals surface area contributed by atoms with Gasteiger partial charge in [0.2, 0.25) is 0 Å². The van der Waals surface area contributed by atoms with Crippen molar-refractivity contribution in [2.24, 2.45) is 0 Å². The molecule has 3 rings (SSSR count). The first kappa shape index (κ1) is 14.6. The maximum Gasteiger partial charge on any atom is 0.271 e. The lowest BCUT2D eigenvalue weighted by atomic mass is 10.4. The Morgan fingerprint density at radius 1 is 1.09 bits per heavy atom. The van der Waals surface area contributed by atoms with Crippen molar-refractivity contribution in [1.29, 1.82) is 0 Å². The molecule has 3 heterocycles. The molecule has 0 aromatic carbocycles. The molecule has 0 spiro atoms. The number of nitrogens with one attached hydrogen (secondary N) is 2. The molecule has 1 amide bonds. The molecular formula is C15H15N7O. The van der Waals surface area contributed by atoms with Crippen LogP contribution in [0.3, 0.4) is 0 Å². The molecule has 23 heavy (non-hydrogen) atoms. The van der Waals surface area contributed by atoms with E-state index in [1.807, 2.05) is 35.2 Å². The molecule has 0 atom stereocenters. The Morgan fingerprint density at radius 3 is 2.74 bits per heavy atom. The van der Waals surface area contributed by atoms with E-state index in [9.17, 15) is 4.79 Å². The van der Waals surface area contributed by atoms with Crippen molar-refractivity contribution in [3.63, 3.8) is 0 Å². The van der Waals surface area contributed by atoms with Gasteiger partial charge >= 0.3 is 0 Å². The molecule has 0 aliphatic carbocycles. The molecule has 2 N–H and O–H groups in total. The van der Waals surface area contributed by atoms with Crippen LogP contribution in [0.1, 0.15) is 10.5 Å². The van der Waals surface area contributed by atoms with Gasteiger partial charge in [0.15, 0.2) is 0 Å². The van der Waals surface area contributed by atoms with Crippen molar-refractivity contribution >= 4 is 11.7 Å². The number of hydrogen-bond acceptors (Lipinski definition) is 6. The highest BCUT2D eigenvalue weighted by Crippen LogP contribution is 2.08. The van der Waals surface area contributed by atoms with Crippen LogP contribution in [0.2, 0.25) is 0 Å². The third-order valence-electron chi connectivity index (χ3n) is 3.03. The van der Waals surface area contributed by atoms with E-state index in [1.54, 1.807) is 0 Å². The molecule has 116 valence electrons. The van der Waals surface area contributed by atoms with Crippen LogP contribution in [-0.4, -0.2) is 43.5 Å². The average molecular weight is 309 g/mol. The summed E-state index contributed by atoms with van der Waals surface area (Å²) < 4.78 is 1.89. The molecule has 3 aromatic rings. The molecule has 0 saturated carbocycles. The normalized spacial score (nSPS) is 10.3.